The Hall–Kier alpha value is 0.308. The molecule has 0 amide bonds. The average Bonchev–Trinajstić information content (AvgIpc) is 2.31. The molecular weight excluding hydrogens is 258 g/mol. The Bertz CT molecular complexity index is 180. The molecule has 2 unspecified atom stereocenters. The first kappa shape index (κ1) is 16.3. The second kappa shape index (κ2) is 10.5. The van der Waals surface area contributed by atoms with Crippen molar-refractivity contribution in [1.82, 2.24) is 3.90 Å². The molecule has 0 radical (unpaired) electrons. The molecule has 16 heavy (non-hydrogen) atoms. The number of nitrogens with zero attached hydrogens (tertiary/aromatic N) is 1. The molecule has 0 fully saturated rings. The van der Waals surface area contributed by atoms with Gasteiger partial charge in [-0.25, -0.2) is 0 Å². The van der Waals surface area contributed by atoms with E-state index in [1.165, 1.54) is 24.2 Å². The third kappa shape index (κ3) is 5.58. The number of hydrogen-bond donors (Lipinski definition) is 0. The van der Waals surface area contributed by atoms with Crippen LogP contribution in [0.3, 0.4) is 0 Å². The highest BCUT2D eigenvalue weighted by Gasteiger charge is 2.23. The Morgan fingerprint density at radius 3 is 1.75 bits per heavy atom. The molecule has 2 atom stereocenters. The molecule has 0 heterocycles. The third-order valence-electron chi connectivity index (χ3n) is 3.24. The molecule has 0 saturated heterocycles. The van der Waals surface area contributed by atoms with E-state index in [0.717, 1.165) is 0 Å². The van der Waals surface area contributed by atoms with Crippen LogP contribution in [0.25, 0.3) is 0 Å². The highest BCUT2D eigenvalue weighted by atomic mass is 29.2. The zero-order valence-electron chi connectivity index (χ0n) is 11.4. The number of hydrogen-bond acceptors (Lipinski definition) is 1. The van der Waals surface area contributed by atoms with Crippen molar-refractivity contribution in [2.75, 3.05) is 0 Å². The van der Waals surface area contributed by atoms with E-state index in [9.17, 15) is 0 Å². The topological polar surface area (TPSA) is 3.24 Å². The van der Waals surface area contributed by atoms with Gasteiger partial charge in [0.2, 0.25) is 0 Å². The number of rotatable bonds is 10. The van der Waals surface area contributed by atoms with Gasteiger partial charge in [-0.3, -0.25) is 0 Å². The van der Waals surface area contributed by atoms with Gasteiger partial charge in [0.05, 0.1) is 9.20 Å². The fourth-order valence-corrected chi connectivity index (χ4v) is 28.3. The fraction of sp³-hybridized carbons (Fsp3) is 0.636. The summed E-state index contributed by atoms with van der Waals surface area (Å²) in [6.07, 6.45) is 4.35. The van der Waals surface area contributed by atoms with E-state index < -0.39 is 17.9 Å². The van der Waals surface area contributed by atoms with Gasteiger partial charge in [-0.2, -0.15) is 0 Å². The molecule has 0 aliphatic rings. The zero-order valence-corrected chi connectivity index (χ0v) is 16.6. The van der Waals surface area contributed by atoms with Crippen LogP contribution in [-0.2, 0) is 0 Å². The smallest absolute Gasteiger partial charge is 0.101 e. The lowest BCUT2D eigenvalue weighted by Gasteiger charge is -2.36. The van der Waals surface area contributed by atoms with Gasteiger partial charge in [0.1, 0.15) is 17.9 Å². The Morgan fingerprint density at radius 1 is 1.06 bits per heavy atom. The summed E-state index contributed by atoms with van der Waals surface area (Å²) in [4.78, 5) is 0. The predicted octanol–water partition coefficient (Wildman–Crippen LogP) is 1.36. The van der Waals surface area contributed by atoms with E-state index in [1.54, 1.807) is 0 Å². The van der Waals surface area contributed by atoms with Crippen LogP contribution in [0.4, 0.5) is 0 Å². The summed E-state index contributed by atoms with van der Waals surface area (Å²) in [6, 6.07) is 5.54. The summed E-state index contributed by atoms with van der Waals surface area (Å²) in [7, 11) is -0.782. The van der Waals surface area contributed by atoms with Gasteiger partial charge < -0.3 is 3.90 Å². The van der Waals surface area contributed by atoms with Gasteiger partial charge in [0, 0.05) is 9.04 Å². The lowest BCUT2D eigenvalue weighted by Crippen LogP contribution is -2.52. The molecule has 1 nitrogen and oxygen atoms in total. The molecule has 94 valence electrons. The van der Waals surface area contributed by atoms with Crippen molar-refractivity contribution in [2.24, 2.45) is 0 Å². The quantitative estimate of drug-likeness (QED) is 0.433. The predicted molar refractivity (Wildman–Crippen MR) is 90.1 cm³/mol. The van der Waals surface area contributed by atoms with Gasteiger partial charge >= 0.3 is 0 Å². The molecule has 0 aromatic rings. The van der Waals surface area contributed by atoms with Crippen LogP contribution < -0.4 is 0 Å². The standard InChI is InChI=1S/C11H29NSi4/c1-6-10-15(8-3)12(14-13-5)16(9-4)11-7-2/h6-7,15-16H,1-2,8-11,13-14H2,3-5H3. The Labute approximate surface area is 110 Å². The van der Waals surface area contributed by atoms with Crippen LogP contribution in [-0.4, -0.2) is 40.0 Å². The molecule has 0 spiro atoms. The zero-order chi connectivity index (χ0) is 12.4. The van der Waals surface area contributed by atoms with E-state index in [-0.39, 0.29) is 9.20 Å². The molecular formula is C11H29NSi4. The first-order chi connectivity index (χ1) is 7.74. The second-order valence-electron chi connectivity index (χ2n) is 4.41. The molecule has 0 aliphatic heterocycles. The Kier molecular flexibility index (Phi) is 10.7. The minimum atomic E-state index is -0.627. The first-order valence-electron chi connectivity index (χ1n) is 6.72. The average molecular weight is 288 g/mol. The van der Waals surface area contributed by atoms with Crippen molar-refractivity contribution in [3.8, 4) is 0 Å². The molecule has 5 heteroatoms. The van der Waals surface area contributed by atoms with E-state index in [4.69, 9.17) is 0 Å². The van der Waals surface area contributed by atoms with Crippen LogP contribution >= 0.6 is 0 Å². The van der Waals surface area contributed by atoms with Gasteiger partial charge in [-0.15, -0.1) is 13.2 Å². The lowest BCUT2D eigenvalue weighted by molar-refractivity contribution is 0.971. The monoisotopic (exact) mass is 287 g/mol. The summed E-state index contributed by atoms with van der Waals surface area (Å²) < 4.78 is 3.13. The summed E-state index contributed by atoms with van der Waals surface area (Å²) in [5.74, 6) is 0. The Morgan fingerprint density at radius 2 is 1.50 bits per heavy atom. The lowest BCUT2D eigenvalue weighted by atomic mass is 10.8. The normalized spacial score (nSPS) is 16.2. The minimum absolute atomic E-state index is 0.178. The van der Waals surface area contributed by atoms with Crippen molar-refractivity contribution in [2.45, 2.75) is 44.6 Å². The highest BCUT2D eigenvalue weighted by Crippen LogP contribution is 2.13. The minimum Gasteiger partial charge on any atom is -0.379 e. The largest absolute Gasteiger partial charge is 0.379 e. The van der Waals surface area contributed by atoms with E-state index in [1.807, 2.05) is 0 Å². The van der Waals surface area contributed by atoms with E-state index in [0.29, 0.717) is 9.04 Å². The Balaban J connectivity index is 4.62. The van der Waals surface area contributed by atoms with Gasteiger partial charge in [-0.05, 0) is 12.1 Å². The van der Waals surface area contributed by atoms with Crippen LogP contribution in [0.2, 0.25) is 30.7 Å². The van der Waals surface area contributed by atoms with Gasteiger partial charge in [0.15, 0.2) is 0 Å². The van der Waals surface area contributed by atoms with Crippen LogP contribution in [0, 0.1) is 0 Å². The van der Waals surface area contributed by atoms with Crippen LogP contribution in [0.1, 0.15) is 13.8 Å². The summed E-state index contributed by atoms with van der Waals surface area (Å²) >= 11 is 0. The van der Waals surface area contributed by atoms with Crippen molar-refractivity contribution < 1.29 is 0 Å². The summed E-state index contributed by atoms with van der Waals surface area (Å²) in [6.45, 7) is 15.2. The van der Waals surface area contributed by atoms with Crippen molar-refractivity contribution in [1.29, 1.82) is 0 Å². The fourth-order valence-electron chi connectivity index (χ4n) is 2.38. The molecule has 0 aliphatic carbocycles. The SMILES string of the molecule is C=CC[SiH](CC)N([SiH2][SiH2]C)[SiH](CC)CC=C. The maximum absolute atomic E-state index is 3.95. The van der Waals surface area contributed by atoms with Crippen molar-refractivity contribution in [3.05, 3.63) is 25.3 Å². The maximum Gasteiger partial charge on any atom is 0.101 e. The molecule has 0 aromatic carbocycles. The molecule has 0 N–H and O–H groups in total. The molecule has 0 bridgehead atoms. The summed E-state index contributed by atoms with van der Waals surface area (Å²) in [5.41, 5.74) is 0. The number of allylic oxidation sites excluding steroid dienone is 2. The third-order valence-corrected chi connectivity index (χ3v) is 22.9. The highest BCUT2D eigenvalue weighted by molar-refractivity contribution is 7.06. The summed E-state index contributed by atoms with van der Waals surface area (Å²) in [5, 5.41) is 0. The molecule has 0 rings (SSSR count). The first-order valence-corrected chi connectivity index (χ1v) is 17.1. The second-order valence-corrected chi connectivity index (χ2v) is 19.5. The van der Waals surface area contributed by atoms with Crippen LogP contribution in [0.5, 0.6) is 0 Å². The maximum atomic E-state index is 3.95. The van der Waals surface area contributed by atoms with Crippen LogP contribution in [0.15, 0.2) is 25.3 Å². The molecule has 0 aromatic heterocycles. The van der Waals surface area contributed by atoms with E-state index in [2.05, 4.69) is 49.6 Å². The van der Waals surface area contributed by atoms with Gasteiger partial charge in [-0.1, -0.05) is 44.6 Å². The van der Waals surface area contributed by atoms with Crippen molar-refractivity contribution >= 4 is 36.2 Å². The molecule has 0 saturated carbocycles. The van der Waals surface area contributed by atoms with Crippen molar-refractivity contribution in [3.63, 3.8) is 0 Å². The van der Waals surface area contributed by atoms with E-state index >= 15 is 0 Å². The van der Waals surface area contributed by atoms with Gasteiger partial charge in [0.25, 0.3) is 0 Å².